The number of halogens is 3. The average Bonchev–Trinajstić information content (AvgIpc) is 2.78. The van der Waals surface area contributed by atoms with Crippen LogP contribution in [-0.2, 0) is 9.31 Å². The predicted molar refractivity (Wildman–Crippen MR) is 137 cm³/mol. The first-order valence-electron chi connectivity index (χ1n) is 11.3. The van der Waals surface area contributed by atoms with Crippen LogP contribution in [0, 0.1) is 11.6 Å². The lowest BCUT2D eigenvalue weighted by atomic mass is 9.79. The lowest BCUT2D eigenvalue weighted by molar-refractivity contribution is 0.00578. The van der Waals surface area contributed by atoms with Gasteiger partial charge in [0, 0.05) is 16.6 Å². The Hall–Kier alpha value is -1.64. The van der Waals surface area contributed by atoms with Crippen molar-refractivity contribution in [1.82, 2.24) is 0 Å². The molecule has 0 saturated carbocycles. The zero-order chi connectivity index (χ0) is 26.1. The number of rotatable bonds is 3. The summed E-state index contributed by atoms with van der Waals surface area (Å²) in [6, 6.07) is 9.09. The summed E-state index contributed by atoms with van der Waals surface area (Å²) in [6.07, 6.45) is 0. The fourth-order valence-corrected chi connectivity index (χ4v) is 3.50. The van der Waals surface area contributed by atoms with Crippen molar-refractivity contribution in [2.45, 2.75) is 91.6 Å². The third-order valence-corrected chi connectivity index (χ3v) is 5.56. The summed E-state index contributed by atoms with van der Waals surface area (Å²) in [6.45, 7) is 19.4. The van der Waals surface area contributed by atoms with Crippen LogP contribution in [0.5, 0.6) is 11.5 Å². The normalized spacial score (nSPS) is 17.1. The molecule has 2 aromatic carbocycles. The fraction of sp³-hybridized carbons (Fsp3) is 0.538. The molecule has 0 unspecified atom stereocenters. The Morgan fingerprint density at radius 3 is 1.53 bits per heavy atom. The number of benzene rings is 2. The molecular formula is C26H36BBrF2O4. The van der Waals surface area contributed by atoms with Gasteiger partial charge in [-0.05, 0) is 99.0 Å². The molecule has 1 saturated heterocycles. The minimum atomic E-state index is -0.590. The van der Waals surface area contributed by atoms with Crippen LogP contribution in [0.15, 0.2) is 40.9 Å². The molecule has 0 N–H and O–H groups in total. The average molecular weight is 541 g/mol. The van der Waals surface area contributed by atoms with Gasteiger partial charge in [0.2, 0.25) is 0 Å². The third-order valence-electron chi connectivity index (χ3n) is 5.10. The van der Waals surface area contributed by atoms with Gasteiger partial charge in [-0.2, -0.15) is 0 Å². The van der Waals surface area contributed by atoms with Crippen molar-refractivity contribution in [3.8, 4) is 11.5 Å². The number of hydrogen-bond donors (Lipinski definition) is 0. The monoisotopic (exact) mass is 540 g/mol. The molecule has 1 fully saturated rings. The molecule has 3 rings (SSSR count). The first kappa shape index (κ1) is 28.6. The summed E-state index contributed by atoms with van der Waals surface area (Å²) in [5, 5.41) is 0. The van der Waals surface area contributed by atoms with Crippen LogP contribution in [0.3, 0.4) is 0 Å². The molecule has 0 aliphatic carbocycles. The minimum Gasteiger partial charge on any atom is -0.488 e. The Morgan fingerprint density at radius 1 is 0.706 bits per heavy atom. The Morgan fingerprint density at radius 2 is 1.12 bits per heavy atom. The lowest BCUT2D eigenvalue weighted by Gasteiger charge is -2.32. The van der Waals surface area contributed by atoms with E-state index in [1.54, 1.807) is 12.1 Å². The summed E-state index contributed by atoms with van der Waals surface area (Å²) < 4.78 is 50.6. The molecular weight excluding hydrogens is 505 g/mol. The smallest absolute Gasteiger partial charge is 0.488 e. The second-order valence-electron chi connectivity index (χ2n) is 11.3. The number of ether oxygens (including phenoxy) is 2. The second-order valence-corrected chi connectivity index (χ2v) is 12.3. The first-order chi connectivity index (χ1) is 15.3. The van der Waals surface area contributed by atoms with Crippen molar-refractivity contribution >= 4 is 28.5 Å². The van der Waals surface area contributed by atoms with Crippen molar-refractivity contribution in [3.63, 3.8) is 0 Å². The van der Waals surface area contributed by atoms with E-state index in [4.69, 9.17) is 18.8 Å². The van der Waals surface area contributed by atoms with E-state index in [2.05, 4.69) is 15.9 Å². The van der Waals surface area contributed by atoms with Gasteiger partial charge < -0.3 is 18.8 Å². The van der Waals surface area contributed by atoms with Crippen molar-refractivity contribution < 1.29 is 27.6 Å². The van der Waals surface area contributed by atoms with E-state index in [0.29, 0.717) is 21.4 Å². The summed E-state index contributed by atoms with van der Waals surface area (Å²) in [5.41, 5.74) is -0.953. The van der Waals surface area contributed by atoms with E-state index in [9.17, 15) is 8.78 Å². The second kappa shape index (κ2) is 10.2. The van der Waals surface area contributed by atoms with E-state index in [0.717, 1.165) is 0 Å². The van der Waals surface area contributed by atoms with Gasteiger partial charge in [0.25, 0.3) is 0 Å². The van der Waals surface area contributed by atoms with Crippen LogP contribution in [0.1, 0.15) is 69.2 Å². The summed E-state index contributed by atoms with van der Waals surface area (Å²) in [4.78, 5) is 0. The maximum absolute atomic E-state index is 13.9. The van der Waals surface area contributed by atoms with Gasteiger partial charge in [0.1, 0.15) is 34.3 Å². The molecule has 0 bridgehead atoms. The molecule has 8 heteroatoms. The molecule has 1 heterocycles. The molecule has 0 radical (unpaired) electrons. The molecule has 1 aliphatic heterocycles. The minimum absolute atomic E-state index is 0.298. The molecule has 188 valence electrons. The Labute approximate surface area is 211 Å². The summed E-state index contributed by atoms with van der Waals surface area (Å²) in [5.74, 6) is 0.363. The van der Waals surface area contributed by atoms with E-state index in [-0.39, 0.29) is 22.8 Å². The van der Waals surface area contributed by atoms with Gasteiger partial charge in [0.05, 0.1) is 11.2 Å². The maximum Gasteiger partial charge on any atom is 0.495 e. The van der Waals surface area contributed by atoms with Gasteiger partial charge in [-0.25, -0.2) is 8.78 Å². The molecule has 1 aliphatic rings. The van der Waals surface area contributed by atoms with Crippen LogP contribution < -0.4 is 14.9 Å². The van der Waals surface area contributed by atoms with Gasteiger partial charge in [-0.15, -0.1) is 0 Å². The van der Waals surface area contributed by atoms with Gasteiger partial charge >= 0.3 is 7.12 Å². The highest BCUT2D eigenvalue weighted by molar-refractivity contribution is 9.10. The fourth-order valence-electron chi connectivity index (χ4n) is 3.05. The standard InChI is InChI=1S/C16H24BFO3.C10H12BrFO/c1-14(2,3)19-13-9-11(8-12(18)10-13)17-20-15(4,5)16(6,7)21-17;1-10(2,3)13-9-5-7(11)4-8(12)6-9/h8-10H,1-7H3;4-6H,1-3H3. The van der Waals surface area contributed by atoms with Gasteiger partial charge in [-0.3, -0.25) is 0 Å². The molecule has 0 spiro atoms. The SMILES string of the molecule is CC(C)(C)Oc1cc(F)cc(B2OC(C)(C)C(C)(C)O2)c1.CC(C)(C)Oc1cc(F)cc(Br)c1. The van der Waals surface area contributed by atoms with Gasteiger partial charge in [-0.1, -0.05) is 15.9 Å². The molecule has 2 aromatic rings. The van der Waals surface area contributed by atoms with Crippen LogP contribution >= 0.6 is 15.9 Å². The van der Waals surface area contributed by atoms with Gasteiger partial charge in [0.15, 0.2) is 0 Å². The van der Waals surface area contributed by atoms with Crippen LogP contribution in [0.4, 0.5) is 8.78 Å². The molecule has 0 aromatic heterocycles. The van der Waals surface area contributed by atoms with E-state index in [1.165, 1.54) is 24.3 Å². The zero-order valence-electron chi connectivity index (χ0n) is 21.8. The van der Waals surface area contributed by atoms with Crippen molar-refractivity contribution in [1.29, 1.82) is 0 Å². The zero-order valence-corrected chi connectivity index (χ0v) is 23.4. The topological polar surface area (TPSA) is 36.9 Å². The Balaban J connectivity index is 0.000000270. The summed E-state index contributed by atoms with van der Waals surface area (Å²) >= 11 is 3.20. The molecule has 0 atom stereocenters. The first-order valence-corrected chi connectivity index (χ1v) is 12.1. The molecule has 0 amide bonds. The highest BCUT2D eigenvalue weighted by Gasteiger charge is 2.51. The largest absolute Gasteiger partial charge is 0.495 e. The van der Waals surface area contributed by atoms with E-state index < -0.39 is 18.3 Å². The van der Waals surface area contributed by atoms with Crippen LogP contribution in [0.25, 0.3) is 0 Å². The third kappa shape index (κ3) is 8.54. The molecule has 4 nitrogen and oxygen atoms in total. The highest BCUT2D eigenvalue weighted by atomic mass is 79.9. The number of hydrogen-bond acceptors (Lipinski definition) is 4. The predicted octanol–water partition coefficient (Wildman–Crippen LogP) is 7.07. The Kier molecular flexibility index (Phi) is 8.54. The van der Waals surface area contributed by atoms with Crippen molar-refractivity contribution in [2.24, 2.45) is 0 Å². The van der Waals surface area contributed by atoms with Crippen molar-refractivity contribution in [3.05, 3.63) is 52.5 Å². The van der Waals surface area contributed by atoms with E-state index >= 15 is 0 Å². The Bertz CT molecular complexity index is 961. The lowest BCUT2D eigenvalue weighted by Crippen LogP contribution is -2.41. The summed E-state index contributed by atoms with van der Waals surface area (Å²) in [7, 11) is -0.590. The molecule has 34 heavy (non-hydrogen) atoms. The van der Waals surface area contributed by atoms with Crippen LogP contribution in [-0.4, -0.2) is 29.5 Å². The maximum atomic E-state index is 13.9. The highest BCUT2D eigenvalue weighted by Crippen LogP contribution is 2.36. The van der Waals surface area contributed by atoms with E-state index in [1.807, 2.05) is 69.2 Å². The van der Waals surface area contributed by atoms with Crippen molar-refractivity contribution in [2.75, 3.05) is 0 Å². The quantitative estimate of drug-likeness (QED) is 0.390. The van der Waals surface area contributed by atoms with Crippen LogP contribution in [0.2, 0.25) is 0 Å².